The van der Waals surface area contributed by atoms with Gasteiger partial charge in [0.05, 0.1) is 36.7 Å². The Morgan fingerprint density at radius 2 is 0.768 bits per heavy atom. The molecule has 125 heavy (non-hydrogen) atoms. The number of carbonyl (C=O) groups excluding carboxylic acids is 5. The van der Waals surface area contributed by atoms with Crippen LogP contribution in [0.4, 0.5) is 13.2 Å². The van der Waals surface area contributed by atoms with E-state index in [4.69, 9.17) is 14.2 Å². The Hall–Kier alpha value is -1.01. The fourth-order valence-electron chi connectivity index (χ4n) is 24.3. The summed E-state index contributed by atoms with van der Waals surface area (Å²) in [7, 11) is -9.90. The number of hydrogen-bond acceptors (Lipinski definition) is 11. The molecular formula is C101H230F3NO11SSi8. The molecular weight excluding hydrogens is 1720 g/mol. The van der Waals surface area contributed by atoms with Crippen molar-refractivity contribution in [2.24, 2.45) is 94.2 Å². The third-order valence-corrected chi connectivity index (χ3v) is 74.5. The zero-order chi connectivity index (χ0) is 79.7. The molecule has 2 saturated heterocycles. The number of cyclic esters (lactones) is 3. The first kappa shape index (κ1) is 150. The van der Waals surface area contributed by atoms with Gasteiger partial charge in [0.25, 0.3) is 0 Å². The molecule has 0 aromatic carbocycles. The van der Waals surface area contributed by atoms with Crippen LogP contribution in [0, 0.1) is 94.2 Å². The number of carbonyl (C=O) groups is 5. The maximum atomic E-state index is 12.2. The number of fused-ring (bicyclic) bond motifs is 14. The molecule has 16 atom stereocenters. The smallest absolute Gasteiger partial charge is 0.465 e. The quantitative estimate of drug-likeness (QED) is 0.0533. The molecule has 2 heterocycles. The van der Waals surface area contributed by atoms with Crippen LogP contribution in [0.3, 0.4) is 0 Å². The predicted octanol–water partition coefficient (Wildman–Crippen LogP) is 33.1. The van der Waals surface area contributed by atoms with Gasteiger partial charge in [0, 0.05) is 78.7 Å². The van der Waals surface area contributed by atoms with Crippen molar-refractivity contribution in [1.82, 2.24) is 4.72 Å². The standard InChI is InChI=1S/2C14H22O2.C10H14O2.2C10H28Si3.C9H14F3NO2S.C9H10O3.C7H20Si2.18CH4/c2*1-14(6-2-3-7-14)16-13(15)12-9-10-4-5-11(12)8-10;11-9-5-10(6-12-9)4-7-1-2-8(10)3-7;2*1-8-12(4,5)10-13(6,7)9-11(2)3;10-9(11,12)16(14,15)13-5-8-4-6-1-2-7(8)3-6;10-8-6-4-1-2-5(3-4)7(6)9(11)12-8;1-6-9(4,5)7-8(2)3;;;;;;;;;;;;;;;;;;/h2*10-12H,2-9H2,1H3;7-8H,1-6H2;2*11H,8-10H2,1-7H3;6-8,13H,1-5H2;4-7H,1-3H2;8H,6-7H2,1-5H3;18*1H4. The van der Waals surface area contributed by atoms with Crippen molar-refractivity contribution in [3.05, 3.63) is 0 Å². The van der Waals surface area contributed by atoms with Crippen LogP contribution in [0.2, 0.25) is 151 Å². The summed E-state index contributed by atoms with van der Waals surface area (Å²) in [5.74, 6) is 6.89. The maximum Gasteiger partial charge on any atom is 0.511 e. The molecule has 2 aliphatic heterocycles. The molecule has 12 saturated carbocycles. The van der Waals surface area contributed by atoms with Crippen LogP contribution in [0.25, 0.3) is 0 Å². The van der Waals surface area contributed by atoms with E-state index in [0.29, 0.717) is 47.3 Å². The fraction of sp³-hybridized carbons (Fsp3) is 0.950. The highest BCUT2D eigenvalue weighted by Gasteiger charge is 2.60. The number of hydrogen-bond donors (Lipinski definition) is 1. The molecule has 10 bridgehead atoms. The topological polar surface area (TPSA) is 168 Å². The lowest BCUT2D eigenvalue weighted by atomic mass is 9.73. The van der Waals surface area contributed by atoms with Crippen LogP contribution in [-0.4, -0.2) is 135 Å². The van der Waals surface area contributed by atoms with E-state index in [1.165, 1.54) is 108 Å². The number of halogens is 3. The zero-order valence-corrected chi connectivity index (χ0v) is 81.1. The SMILES string of the molecule is C.C.C.C.C.C.C.C.C.C.C.C.C.C.C.C.C.C.CC1(OC(=O)C2CC3CCC2C3)CCCC1.CC1(OC(=O)C2CC3CCC2C3)CCCC1.CC[Si](C)(C)C[SiH](C)C.CC[Si](C)(C)C[Si](C)(C)C[SiH](C)C.CC[Si](C)(C)C[Si](C)(C)C[SiH](C)C.O=C1CC2(CO1)CC1CCC2C1.O=C1OC(=O)C2C3CCC(C3)C12.O=S(=O)(NCC1CC2CCC1C2)C(F)(F)F. The minimum absolute atomic E-state index is 0. The number of nitrogens with one attached hydrogen (secondary N) is 1. The number of sulfonamides is 1. The van der Waals surface area contributed by atoms with E-state index in [1.54, 1.807) is 33.1 Å². The van der Waals surface area contributed by atoms with Gasteiger partial charge < -0.3 is 18.9 Å². The third-order valence-electron chi connectivity index (χ3n) is 29.3. The van der Waals surface area contributed by atoms with E-state index in [2.05, 4.69) is 144 Å². The summed E-state index contributed by atoms with van der Waals surface area (Å²) in [6, 6.07) is 4.42. The molecule has 12 nitrogen and oxygen atoms in total. The lowest BCUT2D eigenvalue weighted by Gasteiger charge is -2.32. The molecule has 1 N–H and O–H groups in total. The Kier molecular flexibility index (Phi) is 74.9. The first-order valence-electron chi connectivity index (χ1n) is 43.9. The third kappa shape index (κ3) is 44.6. The summed E-state index contributed by atoms with van der Waals surface area (Å²) in [6.45, 7) is 52.8. The molecule has 24 heteroatoms. The van der Waals surface area contributed by atoms with E-state index in [-0.39, 0.29) is 237 Å². The number of rotatable bonds is 20. The average Bonchev–Trinajstić information content (AvgIpc) is 1.71. The Bertz CT molecular complexity index is 2900. The van der Waals surface area contributed by atoms with Crippen molar-refractivity contribution >= 4 is 107 Å². The first-order chi connectivity index (χ1) is 49.5. The highest BCUT2D eigenvalue weighted by atomic mass is 32.2. The molecule has 764 valence electrons. The highest BCUT2D eigenvalue weighted by molar-refractivity contribution is 7.90. The van der Waals surface area contributed by atoms with Gasteiger partial charge in [-0.15, -0.1) is 0 Å². The van der Waals surface area contributed by atoms with Crippen molar-refractivity contribution in [2.75, 3.05) is 13.2 Å². The van der Waals surface area contributed by atoms with E-state index in [0.717, 1.165) is 114 Å². The molecule has 0 radical (unpaired) electrons. The molecule has 0 aromatic heterocycles. The summed E-state index contributed by atoms with van der Waals surface area (Å²) in [4.78, 5) is 57.8. The summed E-state index contributed by atoms with van der Waals surface area (Å²) in [5.41, 5.74) is 3.11. The molecule has 0 aromatic rings. The van der Waals surface area contributed by atoms with Gasteiger partial charge in [0.2, 0.25) is 0 Å². The van der Waals surface area contributed by atoms with Crippen LogP contribution in [0.15, 0.2) is 0 Å². The van der Waals surface area contributed by atoms with Crippen LogP contribution >= 0.6 is 0 Å². The zero-order valence-electron chi connectivity index (χ0n) is 71.8. The van der Waals surface area contributed by atoms with Crippen molar-refractivity contribution < 1.29 is 64.5 Å². The van der Waals surface area contributed by atoms with E-state index in [1.807, 2.05) is 0 Å². The van der Waals surface area contributed by atoms with E-state index >= 15 is 0 Å². The molecule has 1 spiro atoms. The van der Waals surface area contributed by atoms with Crippen LogP contribution < -0.4 is 4.72 Å². The van der Waals surface area contributed by atoms with Gasteiger partial charge in [-0.1, -0.05) is 331 Å². The summed E-state index contributed by atoms with van der Waals surface area (Å²) >= 11 is 0. The van der Waals surface area contributed by atoms with Crippen molar-refractivity contribution in [3.8, 4) is 0 Å². The molecule has 14 rings (SSSR count). The monoisotopic (exact) mass is 1950 g/mol. The van der Waals surface area contributed by atoms with Gasteiger partial charge in [-0.2, -0.15) is 13.2 Å². The van der Waals surface area contributed by atoms with Crippen LogP contribution in [-0.2, 0) is 52.9 Å². The number of alkyl halides is 3. The van der Waals surface area contributed by atoms with Gasteiger partial charge >= 0.3 is 45.4 Å². The van der Waals surface area contributed by atoms with E-state index in [9.17, 15) is 45.6 Å². The Morgan fingerprint density at radius 1 is 0.440 bits per heavy atom. The Labute approximate surface area is 793 Å². The largest absolute Gasteiger partial charge is 0.511 e. The molecule has 0 amide bonds. The average molecular weight is 1950 g/mol. The Morgan fingerprint density at radius 3 is 1.02 bits per heavy atom. The normalized spacial score (nSPS) is 28.1. The van der Waals surface area contributed by atoms with Crippen LogP contribution in [0.1, 0.15) is 348 Å². The lowest BCUT2D eigenvalue weighted by Crippen LogP contribution is -2.41. The van der Waals surface area contributed by atoms with Crippen LogP contribution in [0.5, 0.6) is 0 Å². The second kappa shape index (κ2) is 62.6. The van der Waals surface area contributed by atoms with Gasteiger partial charge in [-0.05, 0) is 227 Å². The summed E-state index contributed by atoms with van der Waals surface area (Å²) in [6.07, 6.45) is 32.7. The van der Waals surface area contributed by atoms with E-state index < -0.39 is 55.9 Å². The van der Waals surface area contributed by atoms with Gasteiger partial charge in [-0.25, -0.2) is 13.1 Å². The molecule has 12 aliphatic carbocycles. The second-order valence-electron chi connectivity index (χ2n) is 43.4. The Balaban J connectivity index is -0.000000115. The minimum atomic E-state index is -5.19. The first-order valence-corrected chi connectivity index (χ1v) is 71.9. The maximum absolute atomic E-state index is 12.2. The van der Waals surface area contributed by atoms with Crippen molar-refractivity contribution in [2.45, 2.75) is 516 Å². The van der Waals surface area contributed by atoms with Gasteiger partial charge in [0.1, 0.15) is 11.2 Å². The number of ether oxygens (including phenoxy) is 4. The summed E-state index contributed by atoms with van der Waals surface area (Å²) in [5, 5.41) is 0. The van der Waals surface area contributed by atoms with Crippen molar-refractivity contribution in [1.29, 1.82) is 0 Å². The lowest BCUT2D eigenvalue weighted by molar-refractivity contribution is -0.165. The minimum Gasteiger partial charge on any atom is -0.465 e. The highest BCUT2D eigenvalue weighted by Crippen LogP contribution is 2.60. The molecule has 14 fully saturated rings. The van der Waals surface area contributed by atoms with Crippen molar-refractivity contribution in [3.63, 3.8) is 0 Å². The number of esters is 5. The fourth-order valence-corrected chi connectivity index (χ4v) is 79.1. The predicted molar refractivity (Wildman–Crippen MR) is 579 cm³/mol. The van der Waals surface area contributed by atoms with Gasteiger partial charge in [-0.3, -0.25) is 24.0 Å². The second-order valence-corrected chi connectivity index (χ2v) is 85.0. The molecule has 14 aliphatic rings. The van der Waals surface area contributed by atoms with Gasteiger partial charge in [0.15, 0.2) is 0 Å². The summed E-state index contributed by atoms with van der Waals surface area (Å²) < 4.78 is 80.7. The molecule has 16 unspecified atom stereocenters.